The van der Waals surface area contributed by atoms with Crippen molar-refractivity contribution >= 4 is 27.3 Å². The quantitative estimate of drug-likeness (QED) is 0.871. The van der Waals surface area contributed by atoms with Crippen LogP contribution in [0, 0.1) is 5.82 Å². The van der Waals surface area contributed by atoms with Crippen molar-refractivity contribution < 1.29 is 4.39 Å². The van der Waals surface area contributed by atoms with Crippen molar-refractivity contribution in [3.05, 3.63) is 45.5 Å². The van der Waals surface area contributed by atoms with E-state index in [1.165, 1.54) is 17.0 Å². The van der Waals surface area contributed by atoms with Crippen molar-refractivity contribution in [2.45, 2.75) is 19.4 Å². The Labute approximate surface area is 113 Å². The first-order chi connectivity index (χ1) is 8.11. The van der Waals surface area contributed by atoms with Gasteiger partial charge in [-0.3, -0.25) is 0 Å². The maximum absolute atomic E-state index is 13.0. The van der Waals surface area contributed by atoms with E-state index in [0.29, 0.717) is 0 Å². The molecule has 1 aromatic carbocycles. The standard InChI is InChI=1S/C13H13BrFNS/c1-2-11(16)13-6-5-12(17-13)9-4-3-8(15)7-10(9)14/h3-7,11H,2,16H2,1H3. The van der Waals surface area contributed by atoms with Crippen molar-refractivity contribution in [1.29, 1.82) is 0 Å². The molecule has 17 heavy (non-hydrogen) atoms. The smallest absolute Gasteiger partial charge is 0.124 e. The number of thiophene rings is 1. The van der Waals surface area contributed by atoms with Crippen LogP contribution in [0.5, 0.6) is 0 Å². The monoisotopic (exact) mass is 313 g/mol. The summed E-state index contributed by atoms with van der Waals surface area (Å²) in [5.41, 5.74) is 6.99. The molecular formula is C13H13BrFNS. The second kappa shape index (κ2) is 5.29. The lowest BCUT2D eigenvalue weighted by molar-refractivity contribution is 0.627. The van der Waals surface area contributed by atoms with Gasteiger partial charge in [0.2, 0.25) is 0 Å². The summed E-state index contributed by atoms with van der Waals surface area (Å²) >= 11 is 5.04. The molecule has 0 saturated carbocycles. The van der Waals surface area contributed by atoms with E-state index >= 15 is 0 Å². The van der Waals surface area contributed by atoms with Gasteiger partial charge in [0.05, 0.1) is 0 Å². The minimum Gasteiger partial charge on any atom is -0.323 e. The van der Waals surface area contributed by atoms with Gasteiger partial charge >= 0.3 is 0 Å². The second-order valence-electron chi connectivity index (χ2n) is 3.84. The summed E-state index contributed by atoms with van der Waals surface area (Å²) in [6.07, 6.45) is 0.921. The molecule has 4 heteroatoms. The molecule has 2 rings (SSSR count). The fourth-order valence-corrected chi connectivity index (χ4v) is 3.42. The summed E-state index contributed by atoms with van der Waals surface area (Å²) in [5, 5.41) is 0. The SMILES string of the molecule is CCC(N)c1ccc(-c2ccc(F)cc2Br)s1. The fraction of sp³-hybridized carbons (Fsp3) is 0.231. The Morgan fingerprint density at radius 2 is 2.12 bits per heavy atom. The van der Waals surface area contributed by atoms with Crippen LogP contribution in [0.3, 0.4) is 0 Å². The molecule has 90 valence electrons. The number of rotatable bonds is 3. The van der Waals surface area contributed by atoms with Crippen LogP contribution in [-0.4, -0.2) is 0 Å². The van der Waals surface area contributed by atoms with E-state index in [1.54, 1.807) is 17.4 Å². The van der Waals surface area contributed by atoms with Crippen molar-refractivity contribution in [1.82, 2.24) is 0 Å². The molecule has 1 unspecified atom stereocenters. The van der Waals surface area contributed by atoms with Crippen LogP contribution in [0.1, 0.15) is 24.3 Å². The van der Waals surface area contributed by atoms with E-state index < -0.39 is 0 Å². The minimum atomic E-state index is -0.234. The Balaban J connectivity index is 2.37. The highest BCUT2D eigenvalue weighted by atomic mass is 79.9. The lowest BCUT2D eigenvalue weighted by atomic mass is 10.2. The predicted molar refractivity (Wildman–Crippen MR) is 74.6 cm³/mol. The molecule has 1 atom stereocenters. The molecule has 1 nitrogen and oxygen atoms in total. The van der Waals surface area contributed by atoms with Crippen LogP contribution in [0.25, 0.3) is 10.4 Å². The highest BCUT2D eigenvalue weighted by Gasteiger charge is 2.10. The van der Waals surface area contributed by atoms with E-state index in [-0.39, 0.29) is 11.9 Å². The summed E-state index contributed by atoms with van der Waals surface area (Å²) in [7, 11) is 0. The molecule has 0 spiro atoms. The number of benzene rings is 1. The number of hydrogen-bond donors (Lipinski definition) is 1. The molecule has 0 aliphatic heterocycles. The molecule has 2 N–H and O–H groups in total. The maximum atomic E-state index is 13.0. The molecule has 2 aromatic rings. The molecule has 0 aliphatic carbocycles. The molecule has 0 bridgehead atoms. The molecule has 0 aliphatic rings. The Morgan fingerprint density at radius 3 is 2.76 bits per heavy atom. The van der Waals surface area contributed by atoms with Gasteiger partial charge in [-0.1, -0.05) is 22.9 Å². The van der Waals surface area contributed by atoms with Crippen LogP contribution in [0.4, 0.5) is 4.39 Å². The summed E-state index contributed by atoms with van der Waals surface area (Å²) in [6, 6.07) is 8.91. The first-order valence-corrected chi connectivity index (χ1v) is 7.03. The van der Waals surface area contributed by atoms with E-state index in [4.69, 9.17) is 5.73 Å². The van der Waals surface area contributed by atoms with Gasteiger partial charge in [-0.05, 0) is 36.8 Å². The van der Waals surface area contributed by atoms with Gasteiger partial charge in [0.1, 0.15) is 5.82 Å². The zero-order valence-corrected chi connectivity index (χ0v) is 11.8. The molecule has 0 saturated heterocycles. The predicted octanol–water partition coefficient (Wildman–Crippen LogP) is 4.73. The highest BCUT2D eigenvalue weighted by Crippen LogP contribution is 2.35. The zero-order valence-electron chi connectivity index (χ0n) is 9.41. The summed E-state index contributed by atoms with van der Waals surface area (Å²) in [4.78, 5) is 2.27. The zero-order chi connectivity index (χ0) is 12.4. The molecule has 0 fully saturated rings. The lowest BCUT2D eigenvalue weighted by Gasteiger charge is -2.04. The Bertz CT molecular complexity index is 524. The molecule has 1 heterocycles. The molecule has 0 radical (unpaired) electrons. The van der Waals surface area contributed by atoms with Gasteiger partial charge < -0.3 is 5.73 Å². The number of halogens is 2. The highest BCUT2D eigenvalue weighted by molar-refractivity contribution is 9.10. The van der Waals surface area contributed by atoms with Gasteiger partial charge in [-0.25, -0.2) is 4.39 Å². The lowest BCUT2D eigenvalue weighted by Crippen LogP contribution is -2.05. The van der Waals surface area contributed by atoms with Crippen LogP contribution < -0.4 is 5.73 Å². The van der Waals surface area contributed by atoms with Gasteiger partial charge in [0.15, 0.2) is 0 Å². The normalized spacial score (nSPS) is 12.7. The number of hydrogen-bond acceptors (Lipinski definition) is 2. The molecular weight excluding hydrogens is 301 g/mol. The van der Waals surface area contributed by atoms with E-state index in [9.17, 15) is 4.39 Å². The third kappa shape index (κ3) is 2.76. The van der Waals surface area contributed by atoms with Crippen LogP contribution >= 0.6 is 27.3 Å². The van der Waals surface area contributed by atoms with Crippen molar-refractivity contribution in [2.24, 2.45) is 5.73 Å². The van der Waals surface area contributed by atoms with Gasteiger partial charge in [-0.2, -0.15) is 0 Å². The average Bonchev–Trinajstić information content (AvgIpc) is 2.77. The van der Waals surface area contributed by atoms with Crippen molar-refractivity contribution in [3.63, 3.8) is 0 Å². The third-order valence-electron chi connectivity index (χ3n) is 2.63. The first kappa shape index (κ1) is 12.7. The van der Waals surface area contributed by atoms with Crippen LogP contribution in [-0.2, 0) is 0 Å². The summed E-state index contributed by atoms with van der Waals surface area (Å²) in [5.74, 6) is -0.234. The topological polar surface area (TPSA) is 26.0 Å². The Hall–Kier alpha value is -0.710. The Kier molecular flexibility index (Phi) is 3.97. The van der Waals surface area contributed by atoms with Crippen LogP contribution in [0.2, 0.25) is 0 Å². The van der Waals surface area contributed by atoms with Gasteiger partial charge in [0, 0.05) is 25.8 Å². The second-order valence-corrected chi connectivity index (χ2v) is 5.81. The third-order valence-corrected chi connectivity index (χ3v) is 4.54. The van der Waals surface area contributed by atoms with Crippen molar-refractivity contribution in [2.75, 3.05) is 0 Å². The van der Waals surface area contributed by atoms with E-state index in [0.717, 1.165) is 21.3 Å². The van der Waals surface area contributed by atoms with Gasteiger partial charge in [0.25, 0.3) is 0 Å². The number of nitrogens with two attached hydrogens (primary N) is 1. The largest absolute Gasteiger partial charge is 0.323 e. The molecule has 1 aromatic heterocycles. The van der Waals surface area contributed by atoms with Crippen LogP contribution in [0.15, 0.2) is 34.8 Å². The summed E-state index contributed by atoms with van der Waals surface area (Å²) in [6.45, 7) is 2.07. The maximum Gasteiger partial charge on any atom is 0.124 e. The van der Waals surface area contributed by atoms with Gasteiger partial charge in [-0.15, -0.1) is 11.3 Å². The van der Waals surface area contributed by atoms with E-state index in [2.05, 4.69) is 22.9 Å². The fourth-order valence-electron chi connectivity index (χ4n) is 1.59. The summed E-state index contributed by atoms with van der Waals surface area (Å²) < 4.78 is 13.8. The molecule has 0 amide bonds. The van der Waals surface area contributed by atoms with Crippen molar-refractivity contribution in [3.8, 4) is 10.4 Å². The minimum absolute atomic E-state index is 0.0907. The first-order valence-electron chi connectivity index (χ1n) is 5.42. The van der Waals surface area contributed by atoms with E-state index in [1.807, 2.05) is 12.1 Å². The Morgan fingerprint density at radius 1 is 1.35 bits per heavy atom. The average molecular weight is 314 g/mol.